The van der Waals surface area contributed by atoms with Gasteiger partial charge >= 0.3 is 0 Å². The number of nitrogens with zero attached hydrogens (tertiary/aromatic N) is 5. The SMILES string of the molecule is Cc1nc(N2CCN(c3ccccc3C)C[C@H]2C)c2c(C)noc2n1. The molecule has 1 atom stereocenters. The number of piperazine rings is 1. The summed E-state index contributed by atoms with van der Waals surface area (Å²) in [6, 6.07) is 8.91. The predicted octanol–water partition coefficient (Wildman–Crippen LogP) is 3.26. The molecule has 1 aliphatic heterocycles. The Morgan fingerprint density at radius 3 is 2.64 bits per heavy atom. The fourth-order valence-electron chi connectivity index (χ4n) is 3.69. The molecule has 0 bridgehead atoms. The van der Waals surface area contributed by atoms with Gasteiger partial charge in [-0.25, -0.2) is 4.98 Å². The highest BCUT2D eigenvalue weighted by atomic mass is 16.5. The van der Waals surface area contributed by atoms with E-state index in [9.17, 15) is 0 Å². The van der Waals surface area contributed by atoms with Gasteiger partial charge in [-0.3, -0.25) is 0 Å². The number of aryl methyl sites for hydroxylation is 3. The predicted molar refractivity (Wildman–Crippen MR) is 99.3 cm³/mol. The van der Waals surface area contributed by atoms with Crippen molar-refractivity contribution in [1.82, 2.24) is 15.1 Å². The van der Waals surface area contributed by atoms with Crippen molar-refractivity contribution in [2.45, 2.75) is 33.7 Å². The number of hydrogen-bond acceptors (Lipinski definition) is 6. The maximum Gasteiger partial charge on any atom is 0.263 e. The summed E-state index contributed by atoms with van der Waals surface area (Å²) in [5.41, 5.74) is 4.06. The van der Waals surface area contributed by atoms with Crippen LogP contribution in [0.2, 0.25) is 0 Å². The van der Waals surface area contributed by atoms with Gasteiger partial charge in [-0.1, -0.05) is 23.4 Å². The lowest BCUT2D eigenvalue weighted by atomic mass is 10.1. The average molecular weight is 337 g/mol. The number of rotatable bonds is 2. The number of anilines is 2. The number of aromatic nitrogens is 3. The monoisotopic (exact) mass is 337 g/mol. The van der Waals surface area contributed by atoms with Crippen LogP contribution in [-0.2, 0) is 0 Å². The summed E-state index contributed by atoms with van der Waals surface area (Å²) in [6.07, 6.45) is 0. The van der Waals surface area contributed by atoms with E-state index in [2.05, 4.69) is 58.1 Å². The number of hydrogen-bond donors (Lipinski definition) is 0. The van der Waals surface area contributed by atoms with E-state index in [0.29, 0.717) is 17.6 Å². The van der Waals surface area contributed by atoms with Crippen molar-refractivity contribution in [2.24, 2.45) is 0 Å². The van der Waals surface area contributed by atoms with E-state index in [1.807, 2.05) is 13.8 Å². The van der Waals surface area contributed by atoms with Crippen molar-refractivity contribution in [1.29, 1.82) is 0 Å². The second-order valence-electron chi connectivity index (χ2n) is 6.82. The zero-order valence-corrected chi connectivity index (χ0v) is 15.2. The van der Waals surface area contributed by atoms with Gasteiger partial charge in [0.1, 0.15) is 17.0 Å². The Hall–Kier alpha value is -2.63. The fraction of sp³-hybridized carbons (Fsp3) is 0.421. The normalized spacial score (nSPS) is 18.2. The first-order chi connectivity index (χ1) is 12.0. The highest BCUT2D eigenvalue weighted by Crippen LogP contribution is 2.31. The van der Waals surface area contributed by atoms with Crippen LogP contribution >= 0.6 is 0 Å². The average Bonchev–Trinajstić information content (AvgIpc) is 2.95. The first kappa shape index (κ1) is 15.9. The molecule has 6 nitrogen and oxygen atoms in total. The number of para-hydroxylation sites is 1. The van der Waals surface area contributed by atoms with Gasteiger partial charge in [-0.15, -0.1) is 0 Å². The summed E-state index contributed by atoms with van der Waals surface area (Å²) in [5.74, 6) is 1.66. The first-order valence-electron chi connectivity index (χ1n) is 8.72. The smallest absolute Gasteiger partial charge is 0.263 e. The molecular formula is C19H23N5O. The summed E-state index contributed by atoms with van der Waals surface area (Å²) in [5, 5.41) is 5.01. The van der Waals surface area contributed by atoms with E-state index in [1.54, 1.807) is 0 Å². The molecule has 0 amide bonds. The Morgan fingerprint density at radius 1 is 1.08 bits per heavy atom. The Balaban J connectivity index is 1.66. The van der Waals surface area contributed by atoms with Crippen LogP contribution in [-0.4, -0.2) is 40.8 Å². The molecule has 0 aliphatic carbocycles. The molecule has 0 spiro atoms. The number of benzene rings is 1. The highest BCUT2D eigenvalue weighted by molar-refractivity contribution is 5.88. The van der Waals surface area contributed by atoms with Crippen LogP contribution in [0.15, 0.2) is 28.8 Å². The Morgan fingerprint density at radius 2 is 1.88 bits per heavy atom. The molecule has 0 saturated carbocycles. The van der Waals surface area contributed by atoms with Gasteiger partial charge < -0.3 is 14.3 Å². The van der Waals surface area contributed by atoms with Crippen molar-refractivity contribution >= 4 is 22.6 Å². The van der Waals surface area contributed by atoms with E-state index in [1.165, 1.54) is 11.3 Å². The topological polar surface area (TPSA) is 58.3 Å². The van der Waals surface area contributed by atoms with Crippen molar-refractivity contribution in [2.75, 3.05) is 29.4 Å². The minimum atomic E-state index is 0.333. The zero-order chi connectivity index (χ0) is 17.6. The summed E-state index contributed by atoms with van der Waals surface area (Å²) in [4.78, 5) is 13.9. The van der Waals surface area contributed by atoms with Crippen molar-refractivity contribution in [3.63, 3.8) is 0 Å². The first-order valence-corrected chi connectivity index (χ1v) is 8.72. The molecule has 6 heteroatoms. The summed E-state index contributed by atoms with van der Waals surface area (Å²) < 4.78 is 5.36. The van der Waals surface area contributed by atoms with Gasteiger partial charge in [-0.05, 0) is 39.3 Å². The Bertz CT molecular complexity index is 919. The molecule has 0 radical (unpaired) electrons. The van der Waals surface area contributed by atoms with Crippen LogP contribution in [0.1, 0.15) is 24.0 Å². The number of fused-ring (bicyclic) bond motifs is 1. The zero-order valence-electron chi connectivity index (χ0n) is 15.2. The largest absolute Gasteiger partial charge is 0.367 e. The van der Waals surface area contributed by atoms with E-state index in [0.717, 1.165) is 36.5 Å². The molecule has 3 aromatic rings. The lowest BCUT2D eigenvalue weighted by molar-refractivity contribution is 0.442. The van der Waals surface area contributed by atoms with Crippen LogP contribution in [0.3, 0.4) is 0 Å². The van der Waals surface area contributed by atoms with Crippen molar-refractivity contribution < 1.29 is 4.52 Å². The molecule has 25 heavy (non-hydrogen) atoms. The van der Waals surface area contributed by atoms with Gasteiger partial charge in [0.25, 0.3) is 5.71 Å². The molecule has 1 aliphatic rings. The molecular weight excluding hydrogens is 314 g/mol. The minimum absolute atomic E-state index is 0.333. The van der Waals surface area contributed by atoms with Crippen molar-refractivity contribution in [3.05, 3.63) is 41.3 Å². The van der Waals surface area contributed by atoms with Crippen LogP contribution < -0.4 is 9.80 Å². The lowest BCUT2D eigenvalue weighted by Gasteiger charge is -2.42. The van der Waals surface area contributed by atoms with Crippen LogP contribution in [0.25, 0.3) is 11.1 Å². The van der Waals surface area contributed by atoms with E-state index < -0.39 is 0 Å². The lowest BCUT2D eigenvalue weighted by Crippen LogP contribution is -2.52. The molecule has 130 valence electrons. The van der Waals surface area contributed by atoms with Crippen LogP contribution in [0, 0.1) is 20.8 Å². The summed E-state index contributed by atoms with van der Waals surface area (Å²) in [6.45, 7) is 11.1. The summed E-state index contributed by atoms with van der Waals surface area (Å²) in [7, 11) is 0. The van der Waals surface area contributed by atoms with E-state index >= 15 is 0 Å². The highest BCUT2D eigenvalue weighted by Gasteiger charge is 2.28. The molecule has 0 N–H and O–H groups in total. The minimum Gasteiger partial charge on any atom is -0.367 e. The van der Waals surface area contributed by atoms with Gasteiger partial charge in [-0.2, -0.15) is 4.98 Å². The standard InChI is InChI=1S/C19H23N5O/c1-12-7-5-6-8-16(12)23-9-10-24(13(2)11-23)18-17-14(3)22-25-19(17)21-15(4)20-18/h5-8,13H,9-11H2,1-4H3/t13-/m1/s1. The van der Waals surface area contributed by atoms with Gasteiger partial charge in [0, 0.05) is 31.4 Å². The van der Waals surface area contributed by atoms with E-state index in [-0.39, 0.29) is 0 Å². The molecule has 4 rings (SSSR count). The van der Waals surface area contributed by atoms with Crippen LogP contribution in [0.5, 0.6) is 0 Å². The quantitative estimate of drug-likeness (QED) is 0.715. The second kappa shape index (κ2) is 6.02. The maximum absolute atomic E-state index is 5.36. The molecule has 1 fully saturated rings. The van der Waals surface area contributed by atoms with Crippen LogP contribution in [0.4, 0.5) is 11.5 Å². The molecule has 0 unspecified atom stereocenters. The van der Waals surface area contributed by atoms with Crippen molar-refractivity contribution in [3.8, 4) is 0 Å². The van der Waals surface area contributed by atoms with Gasteiger partial charge in [0.15, 0.2) is 0 Å². The molecule has 1 saturated heterocycles. The van der Waals surface area contributed by atoms with Gasteiger partial charge in [0.05, 0.1) is 5.69 Å². The second-order valence-corrected chi connectivity index (χ2v) is 6.82. The fourth-order valence-corrected chi connectivity index (χ4v) is 3.69. The molecule has 1 aromatic carbocycles. The van der Waals surface area contributed by atoms with E-state index in [4.69, 9.17) is 9.51 Å². The molecule has 3 heterocycles. The maximum atomic E-state index is 5.36. The third-order valence-electron chi connectivity index (χ3n) is 4.96. The van der Waals surface area contributed by atoms with Gasteiger partial charge in [0.2, 0.25) is 0 Å². The molecule has 2 aromatic heterocycles. The summed E-state index contributed by atoms with van der Waals surface area (Å²) >= 11 is 0. The Kier molecular flexibility index (Phi) is 3.82. The third kappa shape index (κ3) is 2.71. The Labute approximate surface area is 147 Å². The third-order valence-corrected chi connectivity index (χ3v) is 4.96.